The third-order valence-corrected chi connectivity index (χ3v) is 7.09. The zero-order chi connectivity index (χ0) is 32.0. The number of nitrogens with zero attached hydrogens (tertiary/aromatic N) is 4. The summed E-state index contributed by atoms with van der Waals surface area (Å²) in [5, 5.41) is 9.29. The summed E-state index contributed by atoms with van der Waals surface area (Å²) in [5.41, 5.74) is 3.64. The van der Waals surface area contributed by atoms with E-state index in [0.717, 1.165) is 61.0 Å². The first-order valence-corrected chi connectivity index (χ1v) is 14.9. The molecule has 0 saturated heterocycles. The second-order valence-corrected chi connectivity index (χ2v) is 11.3. The van der Waals surface area contributed by atoms with Crippen molar-refractivity contribution in [1.29, 1.82) is 0 Å². The van der Waals surface area contributed by atoms with Crippen molar-refractivity contribution in [3.63, 3.8) is 0 Å². The molecule has 2 atom stereocenters. The summed E-state index contributed by atoms with van der Waals surface area (Å²) >= 11 is 0. The topological polar surface area (TPSA) is 144 Å². The van der Waals surface area contributed by atoms with Crippen molar-refractivity contribution < 1.29 is 43.8 Å². The fourth-order valence-electron chi connectivity index (χ4n) is 4.61. The number of aliphatic carboxylic acids is 1. The standard InChI is InChI=1S/C17H28N2O3.C15H24N2O3.Li.H2O/c1-6-8-15(17(21)22-7-2)19-12-14(9-10-18(4)5)13(3)11-16(19)20;1-5-6-13(15(19)20)17-10-12(7-8-16(3)4)11(2)9-14(17)18;;/h11-12,15H,6-10H2,1-5H3;9-10,13H,5-8H2,1-4H3,(H,19,20);;1H2/q;;+1;/p-1. The van der Waals surface area contributed by atoms with Crippen LogP contribution in [-0.2, 0) is 27.2 Å². The Bertz CT molecular complexity index is 1270. The Kier molecular flexibility index (Phi) is 21.6. The van der Waals surface area contributed by atoms with Crippen LogP contribution in [0.3, 0.4) is 0 Å². The summed E-state index contributed by atoms with van der Waals surface area (Å²) in [7, 11) is 8.01. The largest absolute Gasteiger partial charge is 1.00 e. The third kappa shape index (κ3) is 14.0. The Morgan fingerprint density at radius 2 is 1.18 bits per heavy atom. The van der Waals surface area contributed by atoms with E-state index >= 15 is 0 Å². The molecule has 11 nitrogen and oxygen atoms in total. The number of hydrogen-bond donors (Lipinski definition) is 1. The van der Waals surface area contributed by atoms with Gasteiger partial charge in [0.1, 0.15) is 12.1 Å². The Balaban J connectivity index is 0. The van der Waals surface area contributed by atoms with Gasteiger partial charge in [-0.3, -0.25) is 9.59 Å². The van der Waals surface area contributed by atoms with Gasteiger partial charge in [0.05, 0.1) is 6.61 Å². The molecule has 0 spiro atoms. The molecule has 2 aromatic heterocycles. The summed E-state index contributed by atoms with van der Waals surface area (Å²) in [5.74, 6) is -1.27. The van der Waals surface area contributed by atoms with Crippen LogP contribution in [0.25, 0.3) is 0 Å². The molecule has 0 bridgehead atoms. The van der Waals surface area contributed by atoms with Gasteiger partial charge in [-0.05, 0) is 96.9 Å². The molecule has 2 N–H and O–H groups in total. The van der Waals surface area contributed by atoms with E-state index in [4.69, 9.17) is 4.74 Å². The number of rotatable bonds is 15. The minimum Gasteiger partial charge on any atom is -0.870 e. The van der Waals surface area contributed by atoms with Gasteiger partial charge in [0, 0.05) is 37.6 Å². The van der Waals surface area contributed by atoms with E-state index in [-0.39, 0.29) is 41.4 Å². The quantitative estimate of drug-likeness (QED) is 0.227. The summed E-state index contributed by atoms with van der Waals surface area (Å²) in [4.78, 5) is 52.0. The molecule has 0 fully saturated rings. The van der Waals surface area contributed by atoms with E-state index in [1.807, 2.05) is 62.1 Å². The van der Waals surface area contributed by atoms with Crippen LogP contribution in [0.15, 0.2) is 34.1 Å². The fourth-order valence-corrected chi connectivity index (χ4v) is 4.61. The average Bonchev–Trinajstić information content (AvgIpc) is 2.90. The van der Waals surface area contributed by atoms with Crippen LogP contribution in [0.4, 0.5) is 0 Å². The minimum atomic E-state index is -0.948. The van der Waals surface area contributed by atoms with Crippen LogP contribution in [0.1, 0.15) is 80.8 Å². The molecule has 0 amide bonds. The molecule has 44 heavy (non-hydrogen) atoms. The number of aromatic nitrogens is 2. The number of likely N-dealkylation sites (N-methyl/N-ethyl adjacent to an activating group) is 2. The number of carboxylic acid groups (broad SMARTS) is 1. The molecule has 0 aromatic carbocycles. The minimum absolute atomic E-state index is 0. The van der Waals surface area contributed by atoms with Crippen LogP contribution in [0.5, 0.6) is 0 Å². The van der Waals surface area contributed by atoms with Crippen LogP contribution < -0.4 is 30.0 Å². The normalized spacial score (nSPS) is 12.0. The maximum atomic E-state index is 12.3. The number of aryl methyl sites for hydroxylation is 2. The van der Waals surface area contributed by atoms with Crippen LogP contribution in [0.2, 0.25) is 0 Å². The van der Waals surface area contributed by atoms with Gasteiger partial charge in [0.2, 0.25) is 0 Å². The van der Waals surface area contributed by atoms with Gasteiger partial charge in [-0.1, -0.05) is 26.7 Å². The van der Waals surface area contributed by atoms with Crippen LogP contribution in [0, 0.1) is 13.8 Å². The maximum Gasteiger partial charge on any atom is 1.00 e. The van der Waals surface area contributed by atoms with E-state index in [2.05, 4.69) is 9.80 Å². The molecule has 0 saturated carbocycles. The smallest absolute Gasteiger partial charge is 0.870 e. The number of hydrogen-bond acceptors (Lipinski definition) is 8. The molecule has 2 heterocycles. The molecule has 244 valence electrons. The molecule has 0 radical (unpaired) electrons. The molecule has 2 unspecified atom stereocenters. The van der Waals surface area contributed by atoms with Crippen molar-refractivity contribution in [3.8, 4) is 0 Å². The van der Waals surface area contributed by atoms with E-state index in [1.165, 1.54) is 10.6 Å². The SMILES string of the molecule is CCCC(C(=O)O)n1cc(CCN(C)C)c(C)cc1=O.CCCC(C(=O)OCC)n1cc(CCN(C)C)c(C)cc1=O.[Li+].[OH-]. The van der Waals surface area contributed by atoms with E-state index in [0.29, 0.717) is 19.4 Å². The molecule has 0 aliphatic heterocycles. The average molecular weight is 613 g/mol. The molecule has 2 aromatic rings. The second kappa shape index (κ2) is 21.9. The van der Waals surface area contributed by atoms with Crippen LogP contribution >= 0.6 is 0 Å². The maximum absolute atomic E-state index is 12.3. The van der Waals surface area contributed by atoms with Crippen molar-refractivity contribution in [2.24, 2.45) is 0 Å². The predicted molar refractivity (Wildman–Crippen MR) is 169 cm³/mol. The number of ether oxygens (including phenoxy) is 1. The second-order valence-electron chi connectivity index (χ2n) is 11.3. The van der Waals surface area contributed by atoms with Crippen molar-refractivity contribution in [2.45, 2.75) is 85.2 Å². The number of carbonyl (C=O) groups excluding carboxylic acids is 1. The summed E-state index contributed by atoms with van der Waals surface area (Å²) < 4.78 is 8.03. The number of carboxylic acids is 1. The first kappa shape index (κ1) is 43.4. The zero-order valence-corrected chi connectivity index (χ0v) is 28.6. The molecular weight excluding hydrogens is 559 g/mol. The van der Waals surface area contributed by atoms with Crippen LogP contribution in [-0.4, -0.2) is 89.3 Å². The van der Waals surface area contributed by atoms with Crippen molar-refractivity contribution in [2.75, 3.05) is 47.9 Å². The summed E-state index contributed by atoms with van der Waals surface area (Å²) in [6, 6.07) is 1.85. The first-order valence-electron chi connectivity index (χ1n) is 14.9. The zero-order valence-electron chi connectivity index (χ0n) is 28.6. The van der Waals surface area contributed by atoms with Crippen molar-refractivity contribution in [3.05, 3.63) is 67.5 Å². The third-order valence-electron chi connectivity index (χ3n) is 7.09. The Morgan fingerprint density at radius 3 is 1.52 bits per heavy atom. The van der Waals surface area contributed by atoms with Gasteiger partial charge in [0.25, 0.3) is 11.1 Å². The molecule has 2 rings (SSSR count). The molecule has 0 aliphatic rings. The van der Waals surface area contributed by atoms with E-state index in [1.54, 1.807) is 23.8 Å². The monoisotopic (exact) mass is 612 g/mol. The van der Waals surface area contributed by atoms with E-state index in [9.17, 15) is 24.3 Å². The Labute approximate surface area is 274 Å². The molecular formula is C32H53LiN4O7. The van der Waals surface area contributed by atoms with Gasteiger partial charge < -0.3 is 34.3 Å². The van der Waals surface area contributed by atoms with Crippen molar-refractivity contribution >= 4 is 11.9 Å². The fraction of sp³-hybridized carbons (Fsp3) is 0.625. The van der Waals surface area contributed by atoms with Crippen molar-refractivity contribution in [1.82, 2.24) is 18.9 Å². The van der Waals surface area contributed by atoms with Gasteiger partial charge in [0.15, 0.2) is 0 Å². The first-order chi connectivity index (χ1) is 19.8. The van der Waals surface area contributed by atoms with Gasteiger partial charge in [-0.15, -0.1) is 0 Å². The summed E-state index contributed by atoms with van der Waals surface area (Å²) in [6.07, 6.45) is 7.81. The Morgan fingerprint density at radius 1 is 0.795 bits per heavy atom. The van der Waals surface area contributed by atoms with Gasteiger partial charge >= 0.3 is 30.8 Å². The number of carbonyl (C=O) groups is 2. The number of esters is 1. The molecule has 0 aliphatic carbocycles. The molecule has 12 heteroatoms. The predicted octanol–water partition coefficient (Wildman–Crippen LogP) is 0.679. The van der Waals surface area contributed by atoms with Gasteiger partial charge in [-0.2, -0.15) is 0 Å². The Hall–Kier alpha value is -2.68. The van der Waals surface area contributed by atoms with Gasteiger partial charge in [-0.25, -0.2) is 9.59 Å². The summed E-state index contributed by atoms with van der Waals surface area (Å²) in [6.45, 7) is 11.6. The van der Waals surface area contributed by atoms with E-state index < -0.39 is 18.1 Å². The number of pyridine rings is 2.